The van der Waals surface area contributed by atoms with Crippen molar-refractivity contribution in [3.63, 3.8) is 0 Å². The molecule has 0 saturated heterocycles. The van der Waals surface area contributed by atoms with Crippen molar-refractivity contribution in [2.45, 2.75) is 20.4 Å². The van der Waals surface area contributed by atoms with E-state index in [0.717, 1.165) is 18.7 Å². The van der Waals surface area contributed by atoms with Crippen LogP contribution in [0.1, 0.15) is 25.0 Å². The van der Waals surface area contributed by atoms with Gasteiger partial charge in [-0.1, -0.05) is 13.5 Å². The van der Waals surface area contributed by atoms with Gasteiger partial charge < -0.3 is 10.1 Å². The van der Waals surface area contributed by atoms with E-state index in [1.807, 2.05) is 13.0 Å². The molecule has 0 aliphatic carbocycles. The molecular weight excluding hydrogens is 188 g/mol. The molecule has 0 spiro atoms. The SMILES string of the molecule is C=C(OCC)c1cnccc1CNCC. The average molecular weight is 206 g/mol. The Kier molecular flexibility index (Phi) is 4.84. The van der Waals surface area contributed by atoms with E-state index in [4.69, 9.17) is 4.74 Å². The largest absolute Gasteiger partial charge is 0.494 e. The van der Waals surface area contributed by atoms with Gasteiger partial charge in [0.1, 0.15) is 5.76 Å². The van der Waals surface area contributed by atoms with Gasteiger partial charge in [0.15, 0.2) is 0 Å². The molecule has 3 heteroatoms. The van der Waals surface area contributed by atoms with E-state index >= 15 is 0 Å². The first-order valence-electron chi connectivity index (χ1n) is 5.25. The quantitative estimate of drug-likeness (QED) is 0.724. The van der Waals surface area contributed by atoms with Gasteiger partial charge in [0, 0.05) is 24.5 Å². The predicted octanol–water partition coefficient (Wildman–Crippen LogP) is 2.20. The third-order valence-corrected chi connectivity index (χ3v) is 2.10. The Morgan fingerprint density at radius 1 is 1.53 bits per heavy atom. The van der Waals surface area contributed by atoms with Gasteiger partial charge >= 0.3 is 0 Å². The zero-order valence-corrected chi connectivity index (χ0v) is 9.42. The summed E-state index contributed by atoms with van der Waals surface area (Å²) >= 11 is 0. The smallest absolute Gasteiger partial charge is 0.121 e. The van der Waals surface area contributed by atoms with E-state index in [0.29, 0.717) is 12.4 Å². The Hall–Kier alpha value is -1.35. The first kappa shape index (κ1) is 11.7. The van der Waals surface area contributed by atoms with Crippen LogP contribution < -0.4 is 5.32 Å². The normalized spacial score (nSPS) is 10.0. The number of rotatable bonds is 6. The predicted molar refractivity (Wildman–Crippen MR) is 62.3 cm³/mol. The minimum absolute atomic E-state index is 0.633. The van der Waals surface area contributed by atoms with Crippen LogP contribution in [0.15, 0.2) is 25.0 Å². The van der Waals surface area contributed by atoms with Gasteiger partial charge in [-0.25, -0.2) is 0 Å². The molecule has 0 aromatic carbocycles. The molecule has 1 aromatic heterocycles. The lowest BCUT2D eigenvalue weighted by atomic mass is 10.1. The summed E-state index contributed by atoms with van der Waals surface area (Å²) in [7, 11) is 0. The third-order valence-electron chi connectivity index (χ3n) is 2.10. The van der Waals surface area contributed by atoms with Crippen molar-refractivity contribution >= 4 is 5.76 Å². The van der Waals surface area contributed by atoms with Crippen molar-refractivity contribution < 1.29 is 4.74 Å². The van der Waals surface area contributed by atoms with Crippen LogP contribution >= 0.6 is 0 Å². The Morgan fingerprint density at radius 3 is 3.00 bits per heavy atom. The molecule has 3 nitrogen and oxygen atoms in total. The second-order valence-electron chi connectivity index (χ2n) is 3.17. The Bertz CT molecular complexity index is 323. The lowest BCUT2D eigenvalue weighted by Gasteiger charge is -2.11. The molecule has 0 saturated carbocycles. The maximum absolute atomic E-state index is 5.39. The van der Waals surface area contributed by atoms with E-state index in [-0.39, 0.29) is 0 Å². The minimum Gasteiger partial charge on any atom is -0.494 e. The average Bonchev–Trinajstić information content (AvgIpc) is 2.27. The Balaban J connectivity index is 2.80. The minimum atomic E-state index is 0.633. The molecule has 1 heterocycles. The van der Waals surface area contributed by atoms with Crippen molar-refractivity contribution in [3.8, 4) is 0 Å². The van der Waals surface area contributed by atoms with Gasteiger partial charge in [-0.05, 0) is 25.1 Å². The summed E-state index contributed by atoms with van der Waals surface area (Å²) in [6, 6.07) is 1.99. The number of nitrogens with zero attached hydrogens (tertiary/aromatic N) is 1. The van der Waals surface area contributed by atoms with Crippen LogP contribution in [-0.2, 0) is 11.3 Å². The fourth-order valence-electron chi connectivity index (χ4n) is 1.34. The van der Waals surface area contributed by atoms with E-state index in [9.17, 15) is 0 Å². The number of hydrogen-bond acceptors (Lipinski definition) is 3. The summed E-state index contributed by atoms with van der Waals surface area (Å²) in [6.07, 6.45) is 3.58. The van der Waals surface area contributed by atoms with Crippen molar-refractivity contribution in [3.05, 3.63) is 36.2 Å². The second-order valence-corrected chi connectivity index (χ2v) is 3.17. The highest BCUT2D eigenvalue weighted by Crippen LogP contribution is 2.17. The van der Waals surface area contributed by atoms with Crippen molar-refractivity contribution in [1.82, 2.24) is 10.3 Å². The van der Waals surface area contributed by atoms with Crippen molar-refractivity contribution in [2.75, 3.05) is 13.2 Å². The first-order valence-corrected chi connectivity index (χ1v) is 5.25. The molecule has 0 atom stereocenters. The number of nitrogens with one attached hydrogen (secondary N) is 1. The lowest BCUT2D eigenvalue weighted by Crippen LogP contribution is -2.13. The van der Waals surface area contributed by atoms with Gasteiger partial charge in [0.05, 0.1) is 6.61 Å². The molecule has 0 aliphatic heterocycles. The van der Waals surface area contributed by atoms with Crippen LogP contribution in [0, 0.1) is 0 Å². The Morgan fingerprint density at radius 2 is 2.33 bits per heavy atom. The van der Waals surface area contributed by atoms with Gasteiger partial charge in [-0.15, -0.1) is 0 Å². The maximum atomic E-state index is 5.39. The van der Waals surface area contributed by atoms with E-state index < -0.39 is 0 Å². The van der Waals surface area contributed by atoms with Gasteiger partial charge in [-0.3, -0.25) is 4.98 Å². The van der Waals surface area contributed by atoms with Gasteiger partial charge in [0.2, 0.25) is 0 Å². The molecule has 0 unspecified atom stereocenters. The molecule has 0 aliphatic rings. The van der Waals surface area contributed by atoms with Crippen LogP contribution in [0.2, 0.25) is 0 Å². The lowest BCUT2D eigenvalue weighted by molar-refractivity contribution is 0.298. The molecule has 1 aromatic rings. The summed E-state index contributed by atoms with van der Waals surface area (Å²) in [5.74, 6) is 0.693. The first-order chi connectivity index (χ1) is 7.29. The zero-order chi connectivity index (χ0) is 11.1. The zero-order valence-electron chi connectivity index (χ0n) is 9.42. The van der Waals surface area contributed by atoms with E-state index in [2.05, 4.69) is 23.8 Å². The number of pyridine rings is 1. The van der Waals surface area contributed by atoms with Crippen LogP contribution in [-0.4, -0.2) is 18.1 Å². The molecule has 15 heavy (non-hydrogen) atoms. The third kappa shape index (κ3) is 3.36. The van der Waals surface area contributed by atoms with Crippen LogP contribution in [0.25, 0.3) is 5.76 Å². The number of aromatic nitrogens is 1. The summed E-state index contributed by atoms with van der Waals surface area (Å²) in [5.41, 5.74) is 2.16. The van der Waals surface area contributed by atoms with E-state index in [1.165, 1.54) is 5.56 Å². The van der Waals surface area contributed by atoms with Gasteiger partial charge in [-0.2, -0.15) is 0 Å². The topological polar surface area (TPSA) is 34.1 Å². The molecule has 0 fully saturated rings. The standard InChI is InChI=1S/C12H18N2O/c1-4-13-8-11-6-7-14-9-12(11)10(3)15-5-2/h6-7,9,13H,3-5,8H2,1-2H3. The van der Waals surface area contributed by atoms with Crippen LogP contribution in [0.3, 0.4) is 0 Å². The highest BCUT2D eigenvalue weighted by atomic mass is 16.5. The Labute approximate surface area is 91.2 Å². The highest BCUT2D eigenvalue weighted by Gasteiger charge is 2.05. The van der Waals surface area contributed by atoms with Crippen molar-refractivity contribution in [1.29, 1.82) is 0 Å². The molecule has 82 valence electrons. The molecule has 0 amide bonds. The summed E-state index contributed by atoms with van der Waals surface area (Å²) in [6.45, 7) is 10.3. The monoisotopic (exact) mass is 206 g/mol. The van der Waals surface area contributed by atoms with E-state index in [1.54, 1.807) is 12.4 Å². The summed E-state index contributed by atoms with van der Waals surface area (Å²) in [5, 5.41) is 3.28. The molecular formula is C12H18N2O. The second kappa shape index (κ2) is 6.19. The highest BCUT2D eigenvalue weighted by molar-refractivity contribution is 5.59. The molecule has 1 N–H and O–H groups in total. The molecule has 0 bridgehead atoms. The number of hydrogen-bond donors (Lipinski definition) is 1. The summed E-state index contributed by atoms with van der Waals surface area (Å²) < 4.78 is 5.39. The fourth-order valence-corrected chi connectivity index (χ4v) is 1.34. The van der Waals surface area contributed by atoms with Crippen LogP contribution in [0.5, 0.6) is 0 Å². The molecule has 1 rings (SSSR count). The van der Waals surface area contributed by atoms with Crippen LogP contribution in [0.4, 0.5) is 0 Å². The van der Waals surface area contributed by atoms with Gasteiger partial charge in [0.25, 0.3) is 0 Å². The molecule has 0 radical (unpaired) electrons. The maximum Gasteiger partial charge on any atom is 0.121 e. The van der Waals surface area contributed by atoms with Crippen molar-refractivity contribution in [2.24, 2.45) is 0 Å². The summed E-state index contributed by atoms with van der Waals surface area (Å²) in [4.78, 5) is 4.09. The number of ether oxygens (including phenoxy) is 1. The fraction of sp³-hybridized carbons (Fsp3) is 0.417.